The summed E-state index contributed by atoms with van der Waals surface area (Å²) in [7, 11) is 1.67. The van der Waals surface area contributed by atoms with Crippen LogP contribution in [0.25, 0.3) is 11.0 Å². The number of ether oxygens (including phenoxy) is 2. The van der Waals surface area contributed by atoms with Gasteiger partial charge in [-0.3, -0.25) is 0 Å². The molecule has 0 aliphatic carbocycles. The molecule has 1 heterocycles. The number of fused-ring (bicyclic) bond motifs is 1. The van der Waals surface area contributed by atoms with Crippen LogP contribution in [0.1, 0.15) is 11.1 Å². The standard InChI is InChI=1S/C24H23ClN2O2S/c1-28-20-12-10-18(11-13-20)16-29-15-14-27-23-9-5-4-8-22(23)26-24(27)30-17-19-6-2-3-7-21(19)25/h2-13H,14-17H2,1H3. The summed E-state index contributed by atoms with van der Waals surface area (Å²) in [4.78, 5) is 4.83. The van der Waals surface area contributed by atoms with E-state index in [2.05, 4.69) is 16.7 Å². The third-order valence-corrected chi connectivity index (χ3v) is 6.22. The van der Waals surface area contributed by atoms with Crippen LogP contribution in [0, 0.1) is 0 Å². The molecule has 0 saturated heterocycles. The second kappa shape index (κ2) is 10.0. The number of hydrogen-bond donors (Lipinski definition) is 0. The molecule has 4 rings (SSSR count). The molecule has 6 heteroatoms. The van der Waals surface area contributed by atoms with Crippen LogP contribution >= 0.6 is 23.4 Å². The van der Waals surface area contributed by atoms with E-state index in [9.17, 15) is 0 Å². The molecule has 4 aromatic rings. The quantitative estimate of drug-likeness (QED) is 0.230. The fraction of sp³-hybridized carbons (Fsp3) is 0.208. The molecule has 0 radical (unpaired) electrons. The maximum atomic E-state index is 6.32. The van der Waals surface area contributed by atoms with Crippen molar-refractivity contribution in [3.63, 3.8) is 0 Å². The molecule has 30 heavy (non-hydrogen) atoms. The highest BCUT2D eigenvalue weighted by Crippen LogP contribution is 2.29. The molecule has 3 aromatic carbocycles. The molecule has 1 aromatic heterocycles. The van der Waals surface area contributed by atoms with Crippen LogP contribution in [-0.2, 0) is 23.6 Å². The van der Waals surface area contributed by atoms with Crippen molar-refractivity contribution in [1.29, 1.82) is 0 Å². The molecule has 0 unspecified atom stereocenters. The first-order chi connectivity index (χ1) is 14.7. The Labute approximate surface area is 185 Å². The Balaban J connectivity index is 1.42. The normalized spacial score (nSPS) is 11.1. The van der Waals surface area contributed by atoms with Gasteiger partial charge in [-0.05, 0) is 41.5 Å². The number of imidazole rings is 1. The monoisotopic (exact) mass is 438 g/mol. The molecule has 4 nitrogen and oxygen atoms in total. The van der Waals surface area contributed by atoms with E-state index in [1.165, 1.54) is 0 Å². The van der Waals surface area contributed by atoms with E-state index in [1.807, 2.05) is 60.7 Å². The first-order valence-electron chi connectivity index (χ1n) is 9.77. The van der Waals surface area contributed by atoms with Gasteiger partial charge in [0.1, 0.15) is 5.75 Å². The Morgan fingerprint density at radius 1 is 0.967 bits per heavy atom. The zero-order chi connectivity index (χ0) is 20.8. The van der Waals surface area contributed by atoms with Crippen molar-refractivity contribution in [3.8, 4) is 5.75 Å². The van der Waals surface area contributed by atoms with Crippen molar-refractivity contribution in [2.75, 3.05) is 13.7 Å². The zero-order valence-corrected chi connectivity index (χ0v) is 18.3. The molecule has 0 aliphatic rings. The van der Waals surface area contributed by atoms with Gasteiger partial charge in [-0.25, -0.2) is 4.98 Å². The molecule has 0 amide bonds. The summed E-state index contributed by atoms with van der Waals surface area (Å²) in [5.41, 5.74) is 4.35. The van der Waals surface area contributed by atoms with Crippen LogP contribution in [0.4, 0.5) is 0 Å². The molecule has 0 N–H and O–H groups in total. The second-order valence-electron chi connectivity index (χ2n) is 6.82. The Hall–Kier alpha value is -2.47. The minimum Gasteiger partial charge on any atom is -0.497 e. The van der Waals surface area contributed by atoms with Crippen molar-refractivity contribution >= 4 is 34.4 Å². The Kier molecular flexibility index (Phi) is 6.95. The minimum atomic E-state index is 0.568. The van der Waals surface area contributed by atoms with Crippen LogP contribution < -0.4 is 4.74 Å². The molecule has 0 spiro atoms. The third-order valence-electron chi connectivity index (χ3n) is 4.82. The summed E-state index contributed by atoms with van der Waals surface area (Å²) in [6.07, 6.45) is 0. The van der Waals surface area contributed by atoms with Crippen LogP contribution in [0.5, 0.6) is 5.75 Å². The molecule has 0 saturated carbocycles. The van der Waals surface area contributed by atoms with Crippen molar-refractivity contribution in [1.82, 2.24) is 9.55 Å². The molecule has 0 fully saturated rings. The molecule has 0 bridgehead atoms. The molecule has 0 atom stereocenters. The molecular formula is C24H23ClN2O2S. The second-order valence-corrected chi connectivity index (χ2v) is 8.17. The number of rotatable bonds is 9. The van der Waals surface area contributed by atoms with Gasteiger partial charge in [0.2, 0.25) is 0 Å². The van der Waals surface area contributed by atoms with Crippen molar-refractivity contribution in [3.05, 3.63) is 88.9 Å². The summed E-state index contributed by atoms with van der Waals surface area (Å²) < 4.78 is 13.4. The van der Waals surface area contributed by atoms with Crippen LogP contribution in [0.2, 0.25) is 5.02 Å². The predicted molar refractivity (Wildman–Crippen MR) is 123 cm³/mol. The van der Waals surface area contributed by atoms with Crippen molar-refractivity contribution in [2.24, 2.45) is 0 Å². The van der Waals surface area contributed by atoms with E-state index in [0.717, 1.165) is 50.4 Å². The lowest BCUT2D eigenvalue weighted by atomic mass is 10.2. The number of nitrogens with zero attached hydrogens (tertiary/aromatic N) is 2. The first-order valence-corrected chi connectivity index (χ1v) is 11.1. The van der Waals surface area contributed by atoms with Gasteiger partial charge in [-0.1, -0.05) is 65.8 Å². The molecule has 0 aliphatic heterocycles. The topological polar surface area (TPSA) is 36.3 Å². The van der Waals surface area contributed by atoms with Gasteiger partial charge in [0.15, 0.2) is 5.16 Å². The fourth-order valence-corrected chi connectivity index (χ4v) is 4.53. The van der Waals surface area contributed by atoms with Gasteiger partial charge >= 0.3 is 0 Å². The zero-order valence-electron chi connectivity index (χ0n) is 16.8. The minimum absolute atomic E-state index is 0.568. The lowest BCUT2D eigenvalue weighted by Gasteiger charge is -2.10. The third kappa shape index (κ3) is 4.98. The van der Waals surface area contributed by atoms with Crippen molar-refractivity contribution < 1.29 is 9.47 Å². The van der Waals surface area contributed by atoms with Crippen LogP contribution in [0.15, 0.2) is 78.0 Å². The molecule has 154 valence electrons. The summed E-state index contributed by atoms with van der Waals surface area (Å²) in [5, 5.41) is 1.76. The highest BCUT2D eigenvalue weighted by atomic mass is 35.5. The number of benzene rings is 3. The highest BCUT2D eigenvalue weighted by Gasteiger charge is 2.12. The van der Waals surface area contributed by atoms with Gasteiger partial charge in [0, 0.05) is 17.3 Å². The largest absolute Gasteiger partial charge is 0.497 e. The van der Waals surface area contributed by atoms with E-state index in [4.69, 9.17) is 26.1 Å². The maximum absolute atomic E-state index is 6.32. The summed E-state index contributed by atoms with van der Waals surface area (Å²) in [6, 6.07) is 24.1. The summed E-state index contributed by atoms with van der Waals surface area (Å²) in [5.74, 6) is 1.62. The smallest absolute Gasteiger partial charge is 0.169 e. The maximum Gasteiger partial charge on any atom is 0.169 e. The summed E-state index contributed by atoms with van der Waals surface area (Å²) >= 11 is 8.02. The van der Waals surface area contributed by atoms with E-state index >= 15 is 0 Å². The average molecular weight is 439 g/mol. The van der Waals surface area contributed by atoms with Gasteiger partial charge in [-0.15, -0.1) is 0 Å². The van der Waals surface area contributed by atoms with Gasteiger partial charge in [0.05, 0.1) is 31.4 Å². The number of halogens is 1. The highest BCUT2D eigenvalue weighted by molar-refractivity contribution is 7.98. The number of thioether (sulfide) groups is 1. The Morgan fingerprint density at radius 2 is 1.73 bits per heavy atom. The number of methoxy groups -OCH3 is 1. The van der Waals surface area contributed by atoms with Crippen molar-refractivity contribution in [2.45, 2.75) is 24.1 Å². The number of aromatic nitrogens is 2. The van der Waals surface area contributed by atoms with E-state index in [-0.39, 0.29) is 0 Å². The van der Waals surface area contributed by atoms with E-state index in [0.29, 0.717) is 13.2 Å². The summed E-state index contributed by atoms with van der Waals surface area (Å²) in [6.45, 7) is 1.91. The van der Waals surface area contributed by atoms with Crippen LogP contribution in [0.3, 0.4) is 0 Å². The number of para-hydroxylation sites is 2. The SMILES string of the molecule is COc1ccc(COCCn2c(SCc3ccccc3Cl)nc3ccccc32)cc1. The van der Waals surface area contributed by atoms with Gasteiger partial charge < -0.3 is 14.0 Å². The lowest BCUT2D eigenvalue weighted by molar-refractivity contribution is 0.112. The van der Waals surface area contributed by atoms with E-state index in [1.54, 1.807) is 18.9 Å². The van der Waals surface area contributed by atoms with Gasteiger partial charge in [-0.2, -0.15) is 0 Å². The average Bonchev–Trinajstić information content (AvgIpc) is 3.14. The Morgan fingerprint density at radius 3 is 2.53 bits per heavy atom. The lowest BCUT2D eigenvalue weighted by Crippen LogP contribution is -2.07. The Bertz CT molecular complexity index is 1110. The van der Waals surface area contributed by atoms with Crippen LogP contribution in [-0.4, -0.2) is 23.3 Å². The fourth-order valence-electron chi connectivity index (χ4n) is 3.21. The van der Waals surface area contributed by atoms with E-state index < -0.39 is 0 Å². The predicted octanol–water partition coefficient (Wildman–Crippen LogP) is 6.21. The van der Waals surface area contributed by atoms with Gasteiger partial charge in [0.25, 0.3) is 0 Å². The molecular weight excluding hydrogens is 416 g/mol. The number of hydrogen-bond acceptors (Lipinski definition) is 4. The first kappa shape index (κ1) is 20.8.